The third-order valence-electron chi connectivity index (χ3n) is 2.92. The number of halogens is 2. The molecule has 0 saturated carbocycles. The standard InChI is InChI=1S/C18H17BrFNO2/c1-12(2)23-15-6-3-13(4-7-15)18(22)9-10-21-17-8-5-14(19)11-16(17)20/h3-12,21H,1-2H3. The van der Waals surface area contributed by atoms with E-state index in [4.69, 9.17) is 4.74 Å². The number of ether oxygens (including phenoxy) is 1. The summed E-state index contributed by atoms with van der Waals surface area (Å²) in [5.41, 5.74) is 0.841. The van der Waals surface area contributed by atoms with E-state index in [9.17, 15) is 9.18 Å². The summed E-state index contributed by atoms with van der Waals surface area (Å²) in [6, 6.07) is 11.6. The third kappa shape index (κ3) is 5.21. The molecule has 0 amide bonds. The first-order chi connectivity index (χ1) is 11.0. The molecule has 0 fully saturated rings. The van der Waals surface area contributed by atoms with E-state index < -0.39 is 5.82 Å². The van der Waals surface area contributed by atoms with Gasteiger partial charge in [-0.25, -0.2) is 4.39 Å². The van der Waals surface area contributed by atoms with Gasteiger partial charge in [0.15, 0.2) is 5.78 Å². The number of carbonyl (C=O) groups excluding carboxylic acids is 1. The number of carbonyl (C=O) groups is 1. The average Bonchev–Trinajstić information content (AvgIpc) is 2.49. The lowest BCUT2D eigenvalue weighted by Crippen LogP contribution is -2.05. The highest BCUT2D eigenvalue weighted by atomic mass is 79.9. The SMILES string of the molecule is CC(C)Oc1ccc(C(=O)C=CNc2ccc(Br)cc2F)cc1. The average molecular weight is 378 g/mol. The molecular weight excluding hydrogens is 361 g/mol. The number of ketones is 1. The summed E-state index contributed by atoms with van der Waals surface area (Å²) in [5, 5.41) is 2.76. The maximum atomic E-state index is 13.6. The number of allylic oxidation sites excluding steroid dienone is 1. The van der Waals surface area contributed by atoms with Gasteiger partial charge in [0.25, 0.3) is 0 Å². The molecule has 3 nitrogen and oxygen atoms in total. The van der Waals surface area contributed by atoms with Crippen molar-refractivity contribution in [3.63, 3.8) is 0 Å². The van der Waals surface area contributed by atoms with Crippen molar-refractivity contribution in [2.75, 3.05) is 5.32 Å². The summed E-state index contributed by atoms with van der Waals surface area (Å²) < 4.78 is 19.8. The van der Waals surface area contributed by atoms with Crippen molar-refractivity contribution in [2.24, 2.45) is 0 Å². The van der Waals surface area contributed by atoms with Gasteiger partial charge in [-0.2, -0.15) is 0 Å². The Morgan fingerprint density at radius 2 is 1.91 bits per heavy atom. The molecule has 0 aliphatic carbocycles. The van der Waals surface area contributed by atoms with Crippen LogP contribution in [0.2, 0.25) is 0 Å². The molecule has 0 aromatic heterocycles. The number of benzene rings is 2. The fourth-order valence-corrected chi connectivity index (χ4v) is 2.21. The van der Waals surface area contributed by atoms with E-state index in [0.717, 1.165) is 5.75 Å². The second kappa shape index (κ2) is 7.92. The maximum absolute atomic E-state index is 13.6. The van der Waals surface area contributed by atoms with Crippen molar-refractivity contribution in [3.8, 4) is 5.75 Å². The second-order valence-electron chi connectivity index (χ2n) is 5.16. The monoisotopic (exact) mass is 377 g/mol. The molecule has 0 heterocycles. The van der Waals surface area contributed by atoms with Gasteiger partial charge in [-0.15, -0.1) is 0 Å². The molecule has 0 saturated heterocycles. The topological polar surface area (TPSA) is 38.3 Å². The summed E-state index contributed by atoms with van der Waals surface area (Å²) in [6.07, 6.45) is 2.87. The summed E-state index contributed by atoms with van der Waals surface area (Å²) in [5.74, 6) is 0.147. The van der Waals surface area contributed by atoms with Crippen molar-refractivity contribution >= 4 is 27.4 Å². The fourth-order valence-electron chi connectivity index (χ4n) is 1.88. The summed E-state index contributed by atoms with van der Waals surface area (Å²) in [7, 11) is 0. The van der Waals surface area contributed by atoms with Crippen LogP contribution in [0, 0.1) is 5.82 Å². The van der Waals surface area contributed by atoms with Crippen molar-refractivity contribution in [1.29, 1.82) is 0 Å². The zero-order valence-corrected chi connectivity index (χ0v) is 14.4. The summed E-state index contributed by atoms with van der Waals surface area (Å²) in [6.45, 7) is 3.88. The van der Waals surface area contributed by atoms with Crippen LogP contribution in [0.4, 0.5) is 10.1 Å². The molecule has 0 aliphatic rings. The number of rotatable bonds is 6. The summed E-state index contributed by atoms with van der Waals surface area (Å²) >= 11 is 3.19. The predicted molar refractivity (Wildman–Crippen MR) is 93.4 cm³/mol. The molecular formula is C18H17BrFNO2. The predicted octanol–water partition coefficient (Wildman–Crippen LogP) is 5.18. The molecule has 0 unspecified atom stereocenters. The molecule has 1 N–H and O–H groups in total. The van der Waals surface area contributed by atoms with Gasteiger partial charge < -0.3 is 10.1 Å². The lowest BCUT2D eigenvalue weighted by atomic mass is 10.1. The third-order valence-corrected chi connectivity index (χ3v) is 3.41. The van der Waals surface area contributed by atoms with Crippen LogP contribution in [0.15, 0.2) is 59.2 Å². The lowest BCUT2D eigenvalue weighted by Gasteiger charge is -2.09. The quantitative estimate of drug-likeness (QED) is 0.556. The van der Waals surface area contributed by atoms with Gasteiger partial charge in [0, 0.05) is 22.3 Å². The van der Waals surface area contributed by atoms with Crippen LogP contribution in [-0.4, -0.2) is 11.9 Å². The lowest BCUT2D eigenvalue weighted by molar-refractivity contribution is 0.104. The van der Waals surface area contributed by atoms with Crippen LogP contribution in [-0.2, 0) is 0 Å². The van der Waals surface area contributed by atoms with Gasteiger partial charge in [0.1, 0.15) is 11.6 Å². The van der Waals surface area contributed by atoms with Gasteiger partial charge in [0.2, 0.25) is 0 Å². The van der Waals surface area contributed by atoms with Gasteiger partial charge in [0.05, 0.1) is 11.8 Å². The first-order valence-corrected chi connectivity index (χ1v) is 7.94. The van der Waals surface area contributed by atoms with Gasteiger partial charge in [-0.1, -0.05) is 15.9 Å². The van der Waals surface area contributed by atoms with Crippen LogP contribution in [0.1, 0.15) is 24.2 Å². The molecule has 0 aliphatic heterocycles. The van der Waals surface area contributed by atoms with Gasteiger partial charge >= 0.3 is 0 Å². The number of nitrogens with one attached hydrogen (secondary N) is 1. The van der Waals surface area contributed by atoms with Crippen LogP contribution in [0.5, 0.6) is 5.75 Å². The number of anilines is 1. The van der Waals surface area contributed by atoms with Crippen molar-refractivity contribution < 1.29 is 13.9 Å². The highest BCUT2D eigenvalue weighted by Gasteiger charge is 2.04. The fraction of sp³-hybridized carbons (Fsp3) is 0.167. The van der Waals surface area contributed by atoms with Crippen molar-refractivity contribution in [3.05, 3.63) is 70.6 Å². The Hall–Kier alpha value is -2.14. The Labute approximate surface area is 143 Å². The Balaban J connectivity index is 1.98. The Morgan fingerprint density at radius 1 is 1.22 bits per heavy atom. The van der Waals surface area contributed by atoms with Gasteiger partial charge in [-0.3, -0.25) is 4.79 Å². The first kappa shape index (κ1) is 17.2. The molecule has 0 radical (unpaired) electrons. The Kier molecular flexibility index (Phi) is 5.93. The Morgan fingerprint density at radius 3 is 2.52 bits per heavy atom. The van der Waals surface area contributed by atoms with Crippen molar-refractivity contribution in [2.45, 2.75) is 20.0 Å². The first-order valence-electron chi connectivity index (χ1n) is 7.15. The molecule has 23 heavy (non-hydrogen) atoms. The zero-order valence-electron chi connectivity index (χ0n) is 12.8. The smallest absolute Gasteiger partial charge is 0.187 e. The van der Waals surface area contributed by atoms with Crippen LogP contribution < -0.4 is 10.1 Å². The van der Waals surface area contributed by atoms with Crippen LogP contribution in [0.3, 0.4) is 0 Å². The zero-order chi connectivity index (χ0) is 16.8. The Bertz CT molecular complexity index is 711. The molecule has 120 valence electrons. The van der Waals surface area contributed by atoms with E-state index in [1.54, 1.807) is 36.4 Å². The molecule has 2 aromatic rings. The van der Waals surface area contributed by atoms with E-state index >= 15 is 0 Å². The van der Waals surface area contributed by atoms with E-state index in [2.05, 4.69) is 21.2 Å². The highest BCUT2D eigenvalue weighted by Crippen LogP contribution is 2.19. The number of hydrogen-bond acceptors (Lipinski definition) is 3. The number of hydrogen-bond donors (Lipinski definition) is 1. The molecule has 2 aromatic carbocycles. The van der Waals surface area contributed by atoms with E-state index in [1.807, 2.05) is 13.8 Å². The summed E-state index contributed by atoms with van der Waals surface area (Å²) in [4.78, 5) is 12.0. The van der Waals surface area contributed by atoms with Crippen LogP contribution >= 0.6 is 15.9 Å². The van der Waals surface area contributed by atoms with E-state index in [1.165, 1.54) is 18.3 Å². The minimum atomic E-state index is -0.397. The van der Waals surface area contributed by atoms with E-state index in [-0.39, 0.29) is 11.9 Å². The second-order valence-corrected chi connectivity index (χ2v) is 6.07. The molecule has 0 spiro atoms. The molecule has 0 bridgehead atoms. The maximum Gasteiger partial charge on any atom is 0.187 e. The highest BCUT2D eigenvalue weighted by molar-refractivity contribution is 9.10. The largest absolute Gasteiger partial charge is 0.491 e. The minimum Gasteiger partial charge on any atom is -0.491 e. The molecule has 2 rings (SSSR count). The molecule has 5 heteroatoms. The van der Waals surface area contributed by atoms with Crippen LogP contribution in [0.25, 0.3) is 0 Å². The normalized spacial score (nSPS) is 11.0. The van der Waals surface area contributed by atoms with Crippen molar-refractivity contribution in [1.82, 2.24) is 0 Å². The minimum absolute atomic E-state index is 0.0847. The molecule has 0 atom stereocenters. The van der Waals surface area contributed by atoms with E-state index in [0.29, 0.717) is 15.7 Å². The van der Waals surface area contributed by atoms with Gasteiger partial charge in [-0.05, 0) is 56.3 Å².